The summed E-state index contributed by atoms with van der Waals surface area (Å²) in [6.07, 6.45) is 2.48. The molecule has 3 heterocycles. The van der Waals surface area contributed by atoms with Gasteiger partial charge in [0.25, 0.3) is 0 Å². The average molecular weight is 360 g/mol. The Bertz CT molecular complexity index is 781. The molecule has 7 heteroatoms. The van der Waals surface area contributed by atoms with Gasteiger partial charge in [-0.05, 0) is 29.8 Å². The summed E-state index contributed by atoms with van der Waals surface area (Å²) in [7, 11) is 0. The maximum absolute atomic E-state index is 5.76. The molecule has 0 saturated heterocycles. The summed E-state index contributed by atoms with van der Waals surface area (Å²) in [5.41, 5.74) is 6.95. The van der Waals surface area contributed by atoms with Crippen LogP contribution in [-0.4, -0.2) is 14.8 Å². The molecule has 3 N–H and O–H groups in total. The first-order valence-corrected chi connectivity index (χ1v) is 7.77. The molecule has 112 valence electrons. The second-order valence-electron chi connectivity index (χ2n) is 5.25. The van der Waals surface area contributed by atoms with Crippen LogP contribution in [0.25, 0.3) is 0 Å². The number of nitrogens with zero attached hydrogens (tertiary/aromatic N) is 3. The van der Waals surface area contributed by atoms with E-state index in [1.807, 2.05) is 24.3 Å². The van der Waals surface area contributed by atoms with Crippen molar-refractivity contribution in [3.05, 3.63) is 58.5 Å². The van der Waals surface area contributed by atoms with E-state index in [2.05, 4.69) is 43.5 Å². The summed E-state index contributed by atoms with van der Waals surface area (Å²) in [6, 6.07) is 12.2. The Labute approximate surface area is 135 Å². The highest BCUT2D eigenvalue weighted by molar-refractivity contribution is 9.10. The predicted molar refractivity (Wildman–Crippen MR) is 86.4 cm³/mol. The third kappa shape index (κ3) is 2.27. The molecule has 1 aliphatic heterocycles. The minimum Gasteiger partial charge on any atom is -0.467 e. The number of nitrogen functional groups attached to an aromatic ring is 1. The third-order valence-electron chi connectivity index (χ3n) is 3.85. The number of nitrogens with one attached hydrogen (secondary N) is 1. The lowest BCUT2D eigenvalue weighted by Gasteiger charge is -2.30. The standard InChI is InChI=1S/C15H14BrN5O/c16-10-5-3-9(4-6-10)11-8-12(13-2-1-7-22-13)21-15(18-11)19-14(17)20-21/h1-7,11-12H,8H2,(H3,17,18,19,20)/t11-,12-/m1/s1. The van der Waals surface area contributed by atoms with E-state index < -0.39 is 0 Å². The zero-order chi connectivity index (χ0) is 15.1. The van der Waals surface area contributed by atoms with Crippen LogP contribution < -0.4 is 11.1 Å². The minimum atomic E-state index is -0.0234. The van der Waals surface area contributed by atoms with E-state index in [-0.39, 0.29) is 18.0 Å². The van der Waals surface area contributed by atoms with Gasteiger partial charge in [0.1, 0.15) is 11.8 Å². The summed E-state index contributed by atoms with van der Waals surface area (Å²) in [4.78, 5) is 4.27. The van der Waals surface area contributed by atoms with Crippen LogP contribution in [0.2, 0.25) is 0 Å². The fourth-order valence-electron chi connectivity index (χ4n) is 2.83. The number of hydrogen-bond acceptors (Lipinski definition) is 5. The Hall–Kier alpha value is -2.28. The van der Waals surface area contributed by atoms with Crippen LogP contribution in [0.15, 0.2) is 51.6 Å². The summed E-state index contributed by atoms with van der Waals surface area (Å²) >= 11 is 3.46. The number of aromatic nitrogens is 3. The van der Waals surface area contributed by atoms with Gasteiger partial charge in [-0.25, -0.2) is 4.68 Å². The van der Waals surface area contributed by atoms with Crippen LogP contribution in [0.1, 0.15) is 29.8 Å². The van der Waals surface area contributed by atoms with Gasteiger partial charge in [0, 0.05) is 10.9 Å². The number of halogens is 1. The smallest absolute Gasteiger partial charge is 0.241 e. The summed E-state index contributed by atoms with van der Waals surface area (Å²) < 4.78 is 8.43. The van der Waals surface area contributed by atoms with Gasteiger partial charge in [-0.1, -0.05) is 28.1 Å². The normalized spacial score (nSPS) is 20.4. The first kappa shape index (κ1) is 13.4. The highest BCUT2D eigenvalue weighted by atomic mass is 79.9. The van der Waals surface area contributed by atoms with Crippen molar-refractivity contribution < 1.29 is 4.42 Å². The lowest BCUT2D eigenvalue weighted by atomic mass is 9.96. The van der Waals surface area contributed by atoms with Crippen LogP contribution in [0.4, 0.5) is 11.9 Å². The quantitative estimate of drug-likeness (QED) is 0.732. The maximum Gasteiger partial charge on any atom is 0.241 e. The van der Waals surface area contributed by atoms with Crippen molar-refractivity contribution in [3.63, 3.8) is 0 Å². The largest absolute Gasteiger partial charge is 0.467 e. The number of hydrogen-bond donors (Lipinski definition) is 2. The van der Waals surface area contributed by atoms with Crippen LogP contribution in [-0.2, 0) is 0 Å². The number of rotatable bonds is 2. The molecular formula is C15H14BrN5O. The Balaban J connectivity index is 1.74. The topological polar surface area (TPSA) is 81.9 Å². The van der Waals surface area contributed by atoms with Crippen LogP contribution in [0.3, 0.4) is 0 Å². The Morgan fingerprint density at radius 3 is 2.82 bits per heavy atom. The van der Waals surface area contributed by atoms with Crippen molar-refractivity contribution in [1.82, 2.24) is 14.8 Å². The van der Waals surface area contributed by atoms with E-state index in [4.69, 9.17) is 10.2 Å². The highest BCUT2D eigenvalue weighted by Crippen LogP contribution is 2.38. The molecule has 0 spiro atoms. The lowest BCUT2D eigenvalue weighted by Crippen LogP contribution is -2.27. The van der Waals surface area contributed by atoms with E-state index in [0.717, 1.165) is 16.7 Å². The predicted octanol–water partition coefficient (Wildman–Crippen LogP) is 3.36. The number of benzene rings is 1. The fourth-order valence-corrected chi connectivity index (χ4v) is 3.09. The molecule has 2 atom stereocenters. The molecule has 0 fully saturated rings. The Kier molecular flexibility index (Phi) is 3.15. The second kappa shape index (κ2) is 5.17. The SMILES string of the molecule is Nc1nc2n(n1)[C@@H](c1ccco1)C[C@H](c1ccc(Br)cc1)N2. The average Bonchev–Trinajstić information content (AvgIpc) is 3.15. The first-order valence-electron chi connectivity index (χ1n) is 6.98. The maximum atomic E-state index is 5.76. The van der Waals surface area contributed by atoms with Gasteiger partial charge >= 0.3 is 0 Å². The van der Waals surface area contributed by atoms with Gasteiger partial charge in [0.2, 0.25) is 11.9 Å². The Morgan fingerprint density at radius 2 is 2.09 bits per heavy atom. The molecule has 2 aromatic heterocycles. The van der Waals surface area contributed by atoms with E-state index in [1.165, 1.54) is 5.56 Å². The highest BCUT2D eigenvalue weighted by Gasteiger charge is 2.32. The van der Waals surface area contributed by atoms with Crippen LogP contribution >= 0.6 is 15.9 Å². The molecular weight excluding hydrogens is 346 g/mol. The monoisotopic (exact) mass is 359 g/mol. The minimum absolute atomic E-state index is 0.0234. The zero-order valence-electron chi connectivity index (χ0n) is 11.6. The molecule has 0 unspecified atom stereocenters. The molecule has 0 aliphatic carbocycles. The van der Waals surface area contributed by atoms with Gasteiger partial charge in [-0.15, -0.1) is 5.10 Å². The molecule has 0 amide bonds. The summed E-state index contributed by atoms with van der Waals surface area (Å²) in [6.45, 7) is 0. The van der Waals surface area contributed by atoms with Gasteiger partial charge in [0.05, 0.1) is 12.3 Å². The van der Waals surface area contributed by atoms with E-state index in [1.54, 1.807) is 10.9 Å². The van der Waals surface area contributed by atoms with Crippen molar-refractivity contribution in [1.29, 1.82) is 0 Å². The van der Waals surface area contributed by atoms with Gasteiger partial charge in [-0.2, -0.15) is 4.98 Å². The number of anilines is 2. The van der Waals surface area contributed by atoms with Gasteiger partial charge < -0.3 is 15.5 Å². The lowest BCUT2D eigenvalue weighted by molar-refractivity contribution is 0.359. The van der Waals surface area contributed by atoms with E-state index in [0.29, 0.717) is 5.95 Å². The molecule has 22 heavy (non-hydrogen) atoms. The van der Waals surface area contributed by atoms with Gasteiger partial charge in [-0.3, -0.25) is 0 Å². The van der Waals surface area contributed by atoms with Crippen molar-refractivity contribution >= 4 is 27.8 Å². The molecule has 4 rings (SSSR count). The molecule has 1 aromatic carbocycles. The number of nitrogens with two attached hydrogens (primary N) is 1. The van der Waals surface area contributed by atoms with Crippen LogP contribution in [0, 0.1) is 0 Å². The van der Waals surface area contributed by atoms with Crippen molar-refractivity contribution in [2.24, 2.45) is 0 Å². The summed E-state index contributed by atoms with van der Waals surface area (Å²) in [5.74, 6) is 1.78. The molecule has 1 aliphatic rings. The van der Waals surface area contributed by atoms with E-state index in [9.17, 15) is 0 Å². The Morgan fingerprint density at radius 1 is 1.27 bits per heavy atom. The fraction of sp³-hybridized carbons (Fsp3) is 0.200. The number of fused-ring (bicyclic) bond motifs is 1. The summed E-state index contributed by atoms with van der Waals surface area (Å²) in [5, 5.41) is 7.68. The van der Waals surface area contributed by atoms with E-state index >= 15 is 0 Å². The van der Waals surface area contributed by atoms with Crippen molar-refractivity contribution in [3.8, 4) is 0 Å². The molecule has 0 radical (unpaired) electrons. The molecule has 0 bridgehead atoms. The molecule has 6 nitrogen and oxygen atoms in total. The second-order valence-corrected chi connectivity index (χ2v) is 6.17. The third-order valence-corrected chi connectivity index (χ3v) is 4.38. The zero-order valence-corrected chi connectivity index (χ0v) is 13.2. The molecule has 3 aromatic rings. The van der Waals surface area contributed by atoms with Crippen molar-refractivity contribution in [2.75, 3.05) is 11.1 Å². The van der Waals surface area contributed by atoms with Crippen molar-refractivity contribution in [2.45, 2.75) is 18.5 Å². The van der Waals surface area contributed by atoms with Crippen LogP contribution in [0.5, 0.6) is 0 Å². The van der Waals surface area contributed by atoms with Gasteiger partial charge in [0.15, 0.2) is 0 Å². The molecule has 0 saturated carbocycles. The first-order chi connectivity index (χ1) is 10.7. The number of furan rings is 1.